The van der Waals surface area contributed by atoms with Crippen molar-refractivity contribution in [1.82, 2.24) is 10.3 Å². The Morgan fingerprint density at radius 1 is 1.47 bits per heavy atom. The highest BCUT2D eigenvalue weighted by Gasteiger charge is 2.08. The van der Waals surface area contributed by atoms with Crippen molar-refractivity contribution < 1.29 is 14.3 Å². The van der Waals surface area contributed by atoms with Crippen LogP contribution in [0.15, 0.2) is 18.2 Å². The van der Waals surface area contributed by atoms with Crippen LogP contribution >= 0.6 is 0 Å². The van der Waals surface area contributed by atoms with Gasteiger partial charge < -0.3 is 10.1 Å². The molecule has 0 aromatic carbocycles. The first-order chi connectivity index (χ1) is 7.13. The van der Waals surface area contributed by atoms with E-state index < -0.39 is 6.09 Å². The zero-order valence-electron chi connectivity index (χ0n) is 8.61. The number of ketones is 1. The predicted molar refractivity (Wildman–Crippen MR) is 53.7 cm³/mol. The largest absolute Gasteiger partial charge is 0.453 e. The summed E-state index contributed by atoms with van der Waals surface area (Å²) in [7, 11) is 1.24. The third-order valence-electron chi connectivity index (χ3n) is 1.75. The Kier molecular flexibility index (Phi) is 3.79. The van der Waals surface area contributed by atoms with Crippen molar-refractivity contribution in [1.29, 1.82) is 0 Å². The van der Waals surface area contributed by atoms with Crippen LogP contribution in [0, 0.1) is 6.92 Å². The summed E-state index contributed by atoms with van der Waals surface area (Å²) >= 11 is 0. The van der Waals surface area contributed by atoms with Gasteiger partial charge in [0.1, 0.15) is 5.69 Å². The molecular formula is C10H12N2O3. The lowest BCUT2D eigenvalue weighted by Gasteiger charge is -2.02. The average Bonchev–Trinajstić information content (AvgIpc) is 2.25. The number of ether oxygens (including phenoxy) is 1. The monoisotopic (exact) mass is 208 g/mol. The minimum absolute atomic E-state index is 0.108. The number of alkyl carbamates (subject to hydrolysis) is 1. The zero-order chi connectivity index (χ0) is 11.3. The first-order valence-corrected chi connectivity index (χ1v) is 4.42. The molecule has 15 heavy (non-hydrogen) atoms. The molecular weight excluding hydrogens is 196 g/mol. The van der Waals surface area contributed by atoms with Gasteiger partial charge in [-0.15, -0.1) is 0 Å². The molecule has 0 radical (unpaired) electrons. The zero-order valence-corrected chi connectivity index (χ0v) is 8.61. The molecule has 0 aliphatic heterocycles. The van der Waals surface area contributed by atoms with Crippen molar-refractivity contribution in [3.8, 4) is 0 Å². The number of methoxy groups -OCH3 is 1. The van der Waals surface area contributed by atoms with Gasteiger partial charge >= 0.3 is 6.09 Å². The average molecular weight is 208 g/mol. The van der Waals surface area contributed by atoms with Crippen molar-refractivity contribution in [2.75, 3.05) is 13.7 Å². The number of rotatable bonds is 3. The summed E-state index contributed by atoms with van der Waals surface area (Å²) in [6.45, 7) is 1.69. The Labute approximate surface area is 87.5 Å². The number of hydrogen-bond donors (Lipinski definition) is 1. The molecule has 1 heterocycles. The Hall–Kier alpha value is -1.91. The van der Waals surface area contributed by atoms with E-state index in [1.165, 1.54) is 7.11 Å². The third kappa shape index (κ3) is 3.38. The van der Waals surface area contributed by atoms with E-state index in [1.54, 1.807) is 25.1 Å². The van der Waals surface area contributed by atoms with Crippen LogP contribution in [0.5, 0.6) is 0 Å². The van der Waals surface area contributed by atoms with Crippen LogP contribution in [0.2, 0.25) is 0 Å². The SMILES string of the molecule is COC(=O)NCC(=O)c1cccc(C)n1. The molecule has 0 atom stereocenters. The predicted octanol–water partition coefficient (Wildman–Crippen LogP) is 0.929. The smallest absolute Gasteiger partial charge is 0.407 e. The number of carbonyl (C=O) groups excluding carboxylic acids is 2. The van der Waals surface area contributed by atoms with Gasteiger partial charge in [-0.3, -0.25) is 4.79 Å². The maximum absolute atomic E-state index is 11.5. The molecule has 0 saturated carbocycles. The Morgan fingerprint density at radius 3 is 2.80 bits per heavy atom. The Bertz CT molecular complexity index is 377. The van der Waals surface area contributed by atoms with Crippen LogP contribution in [-0.2, 0) is 4.74 Å². The van der Waals surface area contributed by atoms with Gasteiger partial charge in [-0.1, -0.05) is 6.07 Å². The highest BCUT2D eigenvalue weighted by Crippen LogP contribution is 1.98. The molecule has 1 rings (SSSR count). The van der Waals surface area contributed by atoms with Crippen LogP contribution in [0.4, 0.5) is 4.79 Å². The highest BCUT2D eigenvalue weighted by molar-refractivity contribution is 5.97. The lowest BCUT2D eigenvalue weighted by atomic mass is 10.2. The van der Waals surface area contributed by atoms with E-state index in [1.807, 2.05) is 0 Å². The number of nitrogens with one attached hydrogen (secondary N) is 1. The molecule has 0 aliphatic carbocycles. The molecule has 0 fully saturated rings. The van der Waals surface area contributed by atoms with Crippen molar-refractivity contribution >= 4 is 11.9 Å². The molecule has 0 aliphatic rings. The summed E-state index contributed by atoms with van der Waals surface area (Å²) in [4.78, 5) is 26.2. The normalized spacial score (nSPS) is 9.47. The first kappa shape index (κ1) is 11.2. The summed E-state index contributed by atoms with van der Waals surface area (Å²) in [6.07, 6.45) is -0.629. The maximum atomic E-state index is 11.5. The molecule has 1 aromatic heterocycles. The second-order valence-corrected chi connectivity index (χ2v) is 2.93. The Balaban J connectivity index is 2.58. The van der Waals surface area contributed by atoms with Gasteiger partial charge in [0.2, 0.25) is 0 Å². The quantitative estimate of drug-likeness (QED) is 0.750. The number of nitrogens with zero attached hydrogens (tertiary/aromatic N) is 1. The van der Waals surface area contributed by atoms with Crippen LogP contribution in [0.25, 0.3) is 0 Å². The lowest BCUT2D eigenvalue weighted by molar-refractivity contribution is 0.0979. The minimum atomic E-state index is -0.629. The number of amides is 1. The van der Waals surface area contributed by atoms with E-state index in [4.69, 9.17) is 0 Å². The fourth-order valence-corrected chi connectivity index (χ4v) is 1.01. The lowest BCUT2D eigenvalue weighted by Crippen LogP contribution is -2.29. The molecule has 5 nitrogen and oxygen atoms in total. The van der Waals surface area contributed by atoms with Gasteiger partial charge in [-0.05, 0) is 19.1 Å². The van der Waals surface area contributed by atoms with Gasteiger partial charge in [0.05, 0.1) is 13.7 Å². The van der Waals surface area contributed by atoms with E-state index in [9.17, 15) is 9.59 Å². The van der Waals surface area contributed by atoms with Crippen LogP contribution < -0.4 is 5.32 Å². The van der Waals surface area contributed by atoms with Crippen LogP contribution in [0.3, 0.4) is 0 Å². The third-order valence-corrected chi connectivity index (χ3v) is 1.75. The highest BCUT2D eigenvalue weighted by atomic mass is 16.5. The molecule has 0 spiro atoms. The van der Waals surface area contributed by atoms with Gasteiger partial charge in [0, 0.05) is 5.69 Å². The summed E-state index contributed by atoms with van der Waals surface area (Å²) in [5, 5.41) is 2.30. The maximum Gasteiger partial charge on any atom is 0.407 e. The molecule has 5 heteroatoms. The second kappa shape index (κ2) is 5.09. The summed E-state index contributed by atoms with van der Waals surface area (Å²) in [6, 6.07) is 5.15. The van der Waals surface area contributed by atoms with Gasteiger partial charge in [-0.25, -0.2) is 9.78 Å². The van der Waals surface area contributed by atoms with Crippen molar-refractivity contribution in [2.45, 2.75) is 6.92 Å². The van der Waals surface area contributed by atoms with Crippen molar-refractivity contribution in [2.24, 2.45) is 0 Å². The molecule has 80 valence electrons. The van der Waals surface area contributed by atoms with E-state index in [-0.39, 0.29) is 12.3 Å². The van der Waals surface area contributed by atoms with Gasteiger partial charge in [0.15, 0.2) is 5.78 Å². The molecule has 0 saturated heterocycles. The minimum Gasteiger partial charge on any atom is -0.453 e. The molecule has 1 amide bonds. The number of carbonyl (C=O) groups is 2. The first-order valence-electron chi connectivity index (χ1n) is 4.42. The second-order valence-electron chi connectivity index (χ2n) is 2.93. The molecule has 0 unspecified atom stereocenters. The van der Waals surface area contributed by atoms with Crippen LogP contribution in [-0.4, -0.2) is 30.5 Å². The molecule has 0 bridgehead atoms. The van der Waals surface area contributed by atoms with Crippen molar-refractivity contribution in [3.63, 3.8) is 0 Å². The standard InChI is InChI=1S/C10H12N2O3/c1-7-4-3-5-8(12-7)9(13)6-11-10(14)15-2/h3-5H,6H2,1-2H3,(H,11,14). The number of aryl methyl sites for hydroxylation is 1. The van der Waals surface area contributed by atoms with Gasteiger partial charge in [-0.2, -0.15) is 0 Å². The molecule has 1 N–H and O–H groups in total. The topological polar surface area (TPSA) is 68.3 Å². The summed E-state index contributed by atoms with van der Waals surface area (Å²) in [5.41, 5.74) is 1.10. The van der Waals surface area contributed by atoms with Gasteiger partial charge in [0.25, 0.3) is 0 Å². The van der Waals surface area contributed by atoms with E-state index >= 15 is 0 Å². The fraction of sp³-hybridized carbons (Fsp3) is 0.300. The van der Waals surface area contributed by atoms with Crippen LogP contribution in [0.1, 0.15) is 16.2 Å². The Morgan fingerprint density at radius 2 is 2.20 bits per heavy atom. The summed E-state index contributed by atoms with van der Waals surface area (Å²) < 4.78 is 4.34. The number of Topliss-reactive ketones (excluding diaryl/α,β-unsaturated/α-hetero) is 1. The van der Waals surface area contributed by atoms with E-state index in [2.05, 4.69) is 15.0 Å². The van der Waals surface area contributed by atoms with E-state index in [0.717, 1.165) is 5.69 Å². The number of hydrogen-bond acceptors (Lipinski definition) is 4. The summed E-state index contributed by atoms with van der Waals surface area (Å²) in [5.74, 6) is -0.246. The molecule has 1 aromatic rings. The number of aromatic nitrogens is 1. The van der Waals surface area contributed by atoms with E-state index in [0.29, 0.717) is 5.69 Å². The van der Waals surface area contributed by atoms with Crippen molar-refractivity contribution in [3.05, 3.63) is 29.6 Å². The number of pyridine rings is 1. The fourth-order valence-electron chi connectivity index (χ4n) is 1.01.